The maximum Gasteiger partial charge on any atom is 0.137 e. The molecule has 6 heteroatoms. The number of benzene rings is 3. The number of aliphatic imine (C=N–C) groups is 1. The van der Waals surface area contributed by atoms with Gasteiger partial charge in [0.05, 0.1) is 16.4 Å². The topological polar surface area (TPSA) is 51.0 Å². The van der Waals surface area contributed by atoms with Gasteiger partial charge in [-0.15, -0.1) is 0 Å². The van der Waals surface area contributed by atoms with Crippen LogP contribution >= 0.6 is 38.5 Å². The maximum absolute atomic E-state index is 10.1. The first-order valence-corrected chi connectivity index (χ1v) is 9.56. The van der Waals surface area contributed by atoms with Gasteiger partial charge in [-0.2, -0.15) is 0 Å². The van der Waals surface area contributed by atoms with E-state index < -0.39 is 0 Å². The molecular weight excluding hydrogens is 509 g/mol. The number of nitrogens with zero attached hydrogens (tertiary/aromatic N) is 1. The van der Waals surface area contributed by atoms with Gasteiger partial charge in [-0.3, -0.25) is 4.99 Å². The first-order valence-electron chi connectivity index (χ1n) is 7.69. The van der Waals surface area contributed by atoms with Crippen molar-refractivity contribution in [3.63, 3.8) is 0 Å². The predicted molar refractivity (Wildman–Crippen MR) is 115 cm³/mol. The van der Waals surface area contributed by atoms with E-state index in [4.69, 9.17) is 9.47 Å². The molecule has 132 valence electrons. The molecule has 0 unspecified atom stereocenters. The lowest BCUT2D eigenvalue weighted by Gasteiger charge is -2.07. The fraction of sp³-hybridized carbons (Fsp3) is 0.0500. The molecule has 0 aliphatic heterocycles. The summed E-state index contributed by atoms with van der Waals surface area (Å²) in [5.74, 6) is 2.45. The number of aromatic hydroxyl groups is 1. The molecule has 1 N–H and O–H groups in total. The summed E-state index contributed by atoms with van der Waals surface area (Å²) in [6.07, 6.45) is 1.64. The maximum atomic E-state index is 10.1. The van der Waals surface area contributed by atoms with Gasteiger partial charge in [-0.1, -0.05) is 15.9 Å². The van der Waals surface area contributed by atoms with Crippen molar-refractivity contribution >= 4 is 50.4 Å². The van der Waals surface area contributed by atoms with Gasteiger partial charge in [0, 0.05) is 16.3 Å². The van der Waals surface area contributed by atoms with Gasteiger partial charge in [0.2, 0.25) is 0 Å². The van der Waals surface area contributed by atoms with Crippen LogP contribution in [0, 0.1) is 3.57 Å². The second kappa shape index (κ2) is 8.55. The van der Waals surface area contributed by atoms with Crippen molar-refractivity contribution in [3.8, 4) is 23.0 Å². The van der Waals surface area contributed by atoms with Gasteiger partial charge >= 0.3 is 0 Å². The molecule has 0 aromatic heterocycles. The highest BCUT2D eigenvalue weighted by Gasteiger charge is 2.05. The number of hydrogen-bond donors (Lipinski definition) is 1. The van der Waals surface area contributed by atoms with E-state index in [1.54, 1.807) is 13.3 Å². The van der Waals surface area contributed by atoms with E-state index in [2.05, 4.69) is 43.5 Å². The number of rotatable bonds is 5. The molecule has 0 fully saturated rings. The smallest absolute Gasteiger partial charge is 0.137 e. The van der Waals surface area contributed by atoms with Crippen molar-refractivity contribution in [2.45, 2.75) is 0 Å². The summed E-state index contributed by atoms with van der Waals surface area (Å²) in [4.78, 5) is 4.41. The summed E-state index contributed by atoms with van der Waals surface area (Å²) < 4.78 is 12.6. The molecule has 3 aromatic rings. The van der Waals surface area contributed by atoms with E-state index in [-0.39, 0.29) is 5.75 Å². The molecular formula is C20H15BrINO3. The number of halogens is 2. The lowest BCUT2D eigenvalue weighted by atomic mass is 10.2. The monoisotopic (exact) mass is 523 g/mol. The van der Waals surface area contributed by atoms with Crippen LogP contribution in [0.15, 0.2) is 70.1 Å². The van der Waals surface area contributed by atoms with E-state index in [1.807, 2.05) is 60.7 Å². The highest BCUT2D eigenvalue weighted by atomic mass is 127. The SMILES string of the molecule is COc1ccc(Oc2ccc(N=Cc3cc(Br)cc(I)c3O)cc2)cc1. The van der Waals surface area contributed by atoms with Crippen molar-refractivity contribution in [2.24, 2.45) is 4.99 Å². The molecule has 26 heavy (non-hydrogen) atoms. The Labute approximate surface area is 173 Å². The number of ether oxygens (including phenoxy) is 2. The van der Waals surface area contributed by atoms with E-state index in [1.165, 1.54) is 0 Å². The van der Waals surface area contributed by atoms with Gasteiger partial charge in [-0.25, -0.2) is 0 Å². The Hall–Kier alpha value is -2.06. The second-order valence-electron chi connectivity index (χ2n) is 5.36. The molecule has 0 bridgehead atoms. The Morgan fingerprint density at radius 3 is 2.15 bits per heavy atom. The van der Waals surface area contributed by atoms with E-state index in [0.29, 0.717) is 11.3 Å². The van der Waals surface area contributed by atoms with Crippen LogP contribution in [-0.4, -0.2) is 18.4 Å². The first-order chi connectivity index (χ1) is 12.5. The van der Waals surface area contributed by atoms with Crippen molar-refractivity contribution in [1.82, 2.24) is 0 Å². The third-order valence-electron chi connectivity index (χ3n) is 3.54. The summed E-state index contributed by atoms with van der Waals surface area (Å²) in [7, 11) is 1.63. The summed E-state index contributed by atoms with van der Waals surface area (Å²) in [6.45, 7) is 0. The zero-order chi connectivity index (χ0) is 18.5. The molecule has 0 amide bonds. The van der Waals surface area contributed by atoms with Gasteiger partial charge < -0.3 is 14.6 Å². The zero-order valence-corrected chi connectivity index (χ0v) is 17.6. The molecule has 4 nitrogen and oxygen atoms in total. The van der Waals surface area contributed by atoms with Crippen molar-refractivity contribution in [1.29, 1.82) is 0 Å². The summed E-state index contributed by atoms with van der Waals surface area (Å²) in [5, 5.41) is 10.1. The Kier molecular flexibility index (Phi) is 6.16. The molecule has 0 radical (unpaired) electrons. The highest BCUT2D eigenvalue weighted by molar-refractivity contribution is 14.1. The van der Waals surface area contributed by atoms with Gasteiger partial charge in [0.15, 0.2) is 0 Å². The first kappa shape index (κ1) is 18.7. The zero-order valence-electron chi connectivity index (χ0n) is 13.8. The minimum atomic E-state index is 0.219. The van der Waals surface area contributed by atoms with Gasteiger partial charge in [0.25, 0.3) is 0 Å². The lowest BCUT2D eigenvalue weighted by Crippen LogP contribution is -1.86. The summed E-state index contributed by atoms with van der Waals surface area (Å²) in [5.41, 5.74) is 1.42. The third-order valence-corrected chi connectivity index (χ3v) is 4.82. The number of phenols is 1. The largest absolute Gasteiger partial charge is 0.506 e. The van der Waals surface area contributed by atoms with E-state index in [0.717, 1.165) is 25.2 Å². The standard InChI is InChI=1S/C20H15BrINO3/c1-25-16-6-8-18(9-7-16)26-17-4-2-15(3-5-17)23-12-13-10-14(21)11-19(22)20(13)24/h2-12,24H,1H3. The van der Waals surface area contributed by atoms with Gasteiger partial charge in [0.1, 0.15) is 23.0 Å². The molecule has 3 aromatic carbocycles. The molecule has 0 saturated heterocycles. The van der Waals surface area contributed by atoms with Gasteiger partial charge in [-0.05, 0) is 83.3 Å². The second-order valence-corrected chi connectivity index (χ2v) is 7.43. The Morgan fingerprint density at radius 1 is 0.962 bits per heavy atom. The Balaban J connectivity index is 1.71. The van der Waals surface area contributed by atoms with Crippen LogP contribution in [0.2, 0.25) is 0 Å². The van der Waals surface area contributed by atoms with Crippen LogP contribution in [0.5, 0.6) is 23.0 Å². The molecule has 0 heterocycles. The van der Waals surface area contributed by atoms with Crippen LogP contribution in [0.25, 0.3) is 0 Å². The fourth-order valence-electron chi connectivity index (χ4n) is 2.21. The third kappa shape index (κ3) is 4.76. The summed E-state index contributed by atoms with van der Waals surface area (Å²) >= 11 is 5.50. The minimum absolute atomic E-state index is 0.219. The van der Waals surface area contributed by atoms with Crippen molar-refractivity contribution < 1.29 is 14.6 Å². The van der Waals surface area contributed by atoms with Crippen molar-refractivity contribution in [2.75, 3.05) is 7.11 Å². The average Bonchev–Trinajstić information content (AvgIpc) is 2.65. The van der Waals surface area contributed by atoms with E-state index >= 15 is 0 Å². The molecule has 0 saturated carbocycles. The fourth-order valence-corrected chi connectivity index (χ4v) is 3.76. The Morgan fingerprint density at radius 2 is 1.54 bits per heavy atom. The van der Waals surface area contributed by atoms with Crippen molar-refractivity contribution in [3.05, 3.63) is 74.3 Å². The van der Waals surface area contributed by atoms with Crippen LogP contribution in [0.3, 0.4) is 0 Å². The predicted octanol–water partition coefficient (Wildman–Crippen LogP) is 6.31. The van der Waals surface area contributed by atoms with Crippen LogP contribution in [0.4, 0.5) is 5.69 Å². The lowest BCUT2D eigenvalue weighted by molar-refractivity contribution is 0.413. The quantitative estimate of drug-likeness (QED) is 0.315. The van der Waals surface area contributed by atoms with E-state index in [9.17, 15) is 5.11 Å². The molecule has 0 aliphatic carbocycles. The number of methoxy groups -OCH3 is 1. The molecule has 0 atom stereocenters. The van der Waals surface area contributed by atoms with Crippen LogP contribution in [0.1, 0.15) is 5.56 Å². The Bertz CT molecular complexity index is 925. The average molecular weight is 524 g/mol. The molecule has 0 spiro atoms. The minimum Gasteiger partial charge on any atom is -0.506 e. The highest BCUT2D eigenvalue weighted by Crippen LogP contribution is 2.29. The van der Waals surface area contributed by atoms with Crippen LogP contribution < -0.4 is 9.47 Å². The molecule has 3 rings (SSSR count). The number of phenolic OH excluding ortho intramolecular Hbond substituents is 1. The molecule has 0 aliphatic rings. The summed E-state index contributed by atoms with van der Waals surface area (Å²) in [6, 6.07) is 18.5. The van der Waals surface area contributed by atoms with Crippen LogP contribution in [-0.2, 0) is 0 Å². The number of hydrogen-bond acceptors (Lipinski definition) is 4. The normalized spacial score (nSPS) is 10.9.